The molecule has 0 radical (unpaired) electrons. The minimum absolute atomic E-state index is 0.0430. The second kappa shape index (κ2) is 7.80. The molecule has 3 heterocycles. The van der Waals surface area contributed by atoms with E-state index < -0.39 is 5.60 Å². The number of benzene rings is 1. The van der Waals surface area contributed by atoms with Gasteiger partial charge in [-0.15, -0.1) is 0 Å². The van der Waals surface area contributed by atoms with Crippen LogP contribution >= 0.6 is 0 Å². The number of rotatable bonds is 4. The van der Waals surface area contributed by atoms with Crippen molar-refractivity contribution >= 4 is 5.82 Å². The van der Waals surface area contributed by atoms with E-state index in [1.807, 2.05) is 36.4 Å². The Morgan fingerprint density at radius 3 is 2.67 bits per heavy atom. The first-order valence-electron chi connectivity index (χ1n) is 9.41. The lowest BCUT2D eigenvalue weighted by Crippen LogP contribution is -2.62. The summed E-state index contributed by atoms with van der Waals surface area (Å²) in [7, 11) is 1.60. The molecular formula is C20H26N4O3. The lowest BCUT2D eigenvalue weighted by molar-refractivity contribution is -0.0911. The number of aliphatic hydroxyl groups is 1. The van der Waals surface area contributed by atoms with E-state index in [1.54, 1.807) is 7.11 Å². The van der Waals surface area contributed by atoms with Crippen LogP contribution in [0.3, 0.4) is 0 Å². The molecule has 0 unspecified atom stereocenters. The highest BCUT2D eigenvalue weighted by Gasteiger charge is 2.46. The van der Waals surface area contributed by atoms with Gasteiger partial charge in [-0.05, 0) is 12.0 Å². The van der Waals surface area contributed by atoms with Crippen molar-refractivity contribution in [2.75, 3.05) is 51.4 Å². The topological polar surface area (TPSA) is 71.0 Å². The van der Waals surface area contributed by atoms with Gasteiger partial charge in [-0.2, -0.15) is 0 Å². The van der Waals surface area contributed by atoms with Gasteiger partial charge in [0.25, 0.3) is 0 Å². The normalized spacial score (nSPS) is 26.7. The Labute approximate surface area is 159 Å². The lowest BCUT2D eigenvalue weighted by Gasteiger charge is -2.50. The van der Waals surface area contributed by atoms with Crippen molar-refractivity contribution in [2.24, 2.45) is 0 Å². The number of anilines is 1. The Bertz CT molecular complexity index is 754. The molecule has 1 aromatic carbocycles. The summed E-state index contributed by atoms with van der Waals surface area (Å²) < 4.78 is 10.8. The zero-order valence-corrected chi connectivity index (χ0v) is 15.6. The number of methoxy groups -OCH3 is 1. The second-order valence-corrected chi connectivity index (χ2v) is 7.07. The van der Waals surface area contributed by atoms with Crippen molar-refractivity contribution in [3.63, 3.8) is 0 Å². The van der Waals surface area contributed by atoms with Crippen LogP contribution in [0.1, 0.15) is 12.0 Å². The van der Waals surface area contributed by atoms with E-state index in [-0.39, 0.29) is 6.04 Å². The van der Waals surface area contributed by atoms with Crippen molar-refractivity contribution in [1.82, 2.24) is 14.9 Å². The van der Waals surface area contributed by atoms with Gasteiger partial charge in [0.2, 0.25) is 5.88 Å². The van der Waals surface area contributed by atoms with Gasteiger partial charge in [0.1, 0.15) is 17.7 Å². The molecular weight excluding hydrogens is 344 g/mol. The van der Waals surface area contributed by atoms with Crippen LogP contribution in [-0.4, -0.2) is 72.5 Å². The first kappa shape index (κ1) is 18.2. The van der Waals surface area contributed by atoms with Crippen LogP contribution < -0.4 is 9.64 Å². The summed E-state index contributed by atoms with van der Waals surface area (Å²) in [5.41, 5.74) is 0.0769. The molecule has 0 saturated carbocycles. The van der Waals surface area contributed by atoms with E-state index in [9.17, 15) is 5.11 Å². The maximum atomic E-state index is 11.8. The molecule has 7 heteroatoms. The van der Waals surface area contributed by atoms with E-state index in [0.29, 0.717) is 38.6 Å². The third-order valence-electron chi connectivity index (χ3n) is 5.63. The van der Waals surface area contributed by atoms with E-state index >= 15 is 0 Å². The van der Waals surface area contributed by atoms with Crippen molar-refractivity contribution in [2.45, 2.75) is 18.1 Å². The first-order valence-corrected chi connectivity index (χ1v) is 9.41. The molecule has 0 amide bonds. The number of ether oxygens (including phenoxy) is 2. The molecule has 7 nitrogen and oxygen atoms in total. The molecule has 144 valence electrons. The highest BCUT2D eigenvalue weighted by Crippen LogP contribution is 2.37. The Kier molecular flexibility index (Phi) is 5.24. The molecule has 4 rings (SSSR count). The summed E-state index contributed by atoms with van der Waals surface area (Å²) in [6.45, 7) is 4.44. The zero-order valence-electron chi connectivity index (χ0n) is 15.6. The van der Waals surface area contributed by atoms with Gasteiger partial charge in [-0.1, -0.05) is 30.3 Å². The maximum Gasteiger partial charge on any atom is 0.218 e. The number of hydrogen-bond acceptors (Lipinski definition) is 7. The first-order chi connectivity index (χ1) is 13.2. The zero-order chi connectivity index (χ0) is 18.7. The summed E-state index contributed by atoms with van der Waals surface area (Å²) in [6, 6.07) is 11.8. The molecule has 0 bridgehead atoms. The van der Waals surface area contributed by atoms with Gasteiger partial charge >= 0.3 is 0 Å². The molecule has 1 N–H and O–H groups in total. The van der Waals surface area contributed by atoms with Crippen LogP contribution in [0.2, 0.25) is 0 Å². The van der Waals surface area contributed by atoms with E-state index in [0.717, 1.165) is 24.5 Å². The van der Waals surface area contributed by atoms with Crippen LogP contribution in [0.4, 0.5) is 5.82 Å². The number of piperidine rings is 1. The highest BCUT2D eigenvalue weighted by molar-refractivity contribution is 5.43. The molecule has 1 aromatic heterocycles. The van der Waals surface area contributed by atoms with Gasteiger partial charge in [-0.3, -0.25) is 4.90 Å². The molecule has 2 fully saturated rings. The van der Waals surface area contributed by atoms with Gasteiger partial charge in [0.05, 0.1) is 26.4 Å². The van der Waals surface area contributed by atoms with Gasteiger partial charge in [0.15, 0.2) is 0 Å². The minimum Gasteiger partial charge on any atom is -0.481 e. The van der Waals surface area contributed by atoms with Crippen molar-refractivity contribution < 1.29 is 14.6 Å². The standard InChI is InChI=1S/C20H26N4O3/c1-26-19-13-18(21-15-22-19)24-8-7-20(25,16-5-3-2-4-6-16)17(14-24)23-9-11-27-12-10-23/h2-6,13,15,17,25H,7-12,14H2,1H3/t17-,20+/m1/s1. The fourth-order valence-electron chi connectivity index (χ4n) is 4.12. The quantitative estimate of drug-likeness (QED) is 0.869. The van der Waals surface area contributed by atoms with Crippen LogP contribution in [0.15, 0.2) is 42.7 Å². The average Bonchev–Trinajstić information content (AvgIpc) is 2.75. The number of morpholine rings is 1. The fourth-order valence-corrected chi connectivity index (χ4v) is 4.12. The molecule has 2 atom stereocenters. The Balaban J connectivity index is 1.64. The number of nitrogens with zero attached hydrogens (tertiary/aromatic N) is 4. The van der Waals surface area contributed by atoms with Crippen molar-refractivity contribution in [3.05, 3.63) is 48.3 Å². The van der Waals surface area contributed by atoms with Crippen molar-refractivity contribution in [3.8, 4) is 5.88 Å². The summed E-state index contributed by atoms with van der Waals surface area (Å²) >= 11 is 0. The Morgan fingerprint density at radius 1 is 1.15 bits per heavy atom. The molecule has 2 saturated heterocycles. The largest absolute Gasteiger partial charge is 0.481 e. The number of aromatic nitrogens is 2. The van der Waals surface area contributed by atoms with Crippen molar-refractivity contribution in [1.29, 1.82) is 0 Å². The van der Waals surface area contributed by atoms with Crippen LogP contribution in [-0.2, 0) is 10.3 Å². The summed E-state index contributed by atoms with van der Waals surface area (Å²) in [6.07, 6.45) is 2.15. The second-order valence-electron chi connectivity index (χ2n) is 7.07. The summed E-state index contributed by atoms with van der Waals surface area (Å²) in [5.74, 6) is 1.38. The summed E-state index contributed by atoms with van der Waals surface area (Å²) in [4.78, 5) is 13.1. The average molecular weight is 370 g/mol. The lowest BCUT2D eigenvalue weighted by atomic mass is 9.79. The van der Waals surface area contributed by atoms with Gasteiger partial charge in [-0.25, -0.2) is 9.97 Å². The maximum absolute atomic E-state index is 11.8. The molecule has 0 spiro atoms. The summed E-state index contributed by atoms with van der Waals surface area (Å²) in [5, 5.41) is 11.8. The molecule has 2 aliphatic rings. The Morgan fingerprint density at radius 2 is 1.93 bits per heavy atom. The Hall–Kier alpha value is -2.22. The molecule has 2 aliphatic heterocycles. The van der Waals surface area contributed by atoms with E-state index in [4.69, 9.17) is 9.47 Å². The van der Waals surface area contributed by atoms with Gasteiger partial charge in [0, 0.05) is 32.2 Å². The fraction of sp³-hybridized carbons (Fsp3) is 0.500. The predicted molar refractivity (Wildman–Crippen MR) is 102 cm³/mol. The van der Waals surface area contributed by atoms with Crippen LogP contribution in [0.25, 0.3) is 0 Å². The third kappa shape index (κ3) is 3.63. The van der Waals surface area contributed by atoms with E-state index in [1.165, 1.54) is 6.33 Å². The molecule has 2 aromatic rings. The highest BCUT2D eigenvalue weighted by atomic mass is 16.5. The minimum atomic E-state index is -0.897. The van der Waals surface area contributed by atoms with Crippen LogP contribution in [0.5, 0.6) is 5.88 Å². The molecule has 0 aliphatic carbocycles. The van der Waals surface area contributed by atoms with E-state index in [2.05, 4.69) is 19.8 Å². The number of hydrogen-bond donors (Lipinski definition) is 1. The molecule has 27 heavy (non-hydrogen) atoms. The third-order valence-corrected chi connectivity index (χ3v) is 5.63. The SMILES string of the molecule is COc1cc(N2CC[C@](O)(c3ccccc3)[C@H](N3CCOCC3)C2)ncn1. The smallest absolute Gasteiger partial charge is 0.218 e. The van der Waals surface area contributed by atoms with Gasteiger partial charge < -0.3 is 19.5 Å². The van der Waals surface area contributed by atoms with Crippen LogP contribution in [0, 0.1) is 0 Å². The predicted octanol–water partition coefficient (Wildman–Crippen LogP) is 1.28. The monoisotopic (exact) mass is 370 g/mol.